The van der Waals surface area contributed by atoms with E-state index in [-0.39, 0.29) is 0 Å². The summed E-state index contributed by atoms with van der Waals surface area (Å²) < 4.78 is 0. The molecule has 0 bridgehead atoms. The Bertz CT molecular complexity index is 258. The van der Waals surface area contributed by atoms with Gasteiger partial charge < -0.3 is 0 Å². The van der Waals surface area contributed by atoms with Crippen molar-refractivity contribution >= 4 is 5.78 Å². The van der Waals surface area contributed by atoms with Crippen LogP contribution in [-0.4, -0.2) is 5.78 Å². The van der Waals surface area contributed by atoms with Crippen molar-refractivity contribution in [2.24, 2.45) is 23.2 Å². The summed E-state index contributed by atoms with van der Waals surface area (Å²) in [6.45, 7) is 2.31. The van der Waals surface area contributed by atoms with Gasteiger partial charge in [0, 0.05) is 12.3 Å². The predicted molar refractivity (Wildman–Crippen MR) is 51.3 cm³/mol. The van der Waals surface area contributed by atoms with Crippen molar-refractivity contribution in [2.45, 2.75) is 45.4 Å². The molecule has 0 amide bonds. The smallest absolute Gasteiger partial charge is 0.136 e. The Balaban J connectivity index is 1.96. The second-order valence-electron chi connectivity index (χ2n) is 5.39. The van der Waals surface area contributed by atoms with Crippen LogP contribution in [0.1, 0.15) is 45.4 Å². The minimum absolute atomic E-state index is 0.480. The number of hydrogen-bond acceptors (Lipinski definition) is 1. The Hall–Kier alpha value is -0.330. The summed E-state index contributed by atoms with van der Waals surface area (Å²) in [5, 5.41) is 0. The largest absolute Gasteiger partial charge is 0.299 e. The van der Waals surface area contributed by atoms with Gasteiger partial charge in [0.1, 0.15) is 5.78 Å². The summed E-state index contributed by atoms with van der Waals surface area (Å²) in [5.41, 5.74) is 0.523. The van der Waals surface area contributed by atoms with Crippen molar-refractivity contribution in [2.75, 3.05) is 0 Å². The normalized spacial score (nSPS) is 53.9. The van der Waals surface area contributed by atoms with Crippen LogP contribution in [0.15, 0.2) is 0 Å². The molecule has 1 heteroatoms. The molecule has 3 aliphatic rings. The second-order valence-corrected chi connectivity index (χ2v) is 5.39. The van der Waals surface area contributed by atoms with Gasteiger partial charge in [-0.25, -0.2) is 0 Å². The van der Waals surface area contributed by atoms with E-state index in [1.807, 2.05) is 0 Å². The SMILES string of the molecule is C[C@@H]1[C@@H]2CCC[C@@]23CCCC(=O)[C@@H]13. The van der Waals surface area contributed by atoms with Crippen molar-refractivity contribution in [3.8, 4) is 0 Å². The molecule has 1 spiro atoms. The number of carbonyl (C=O) groups excluding carboxylic acids is 1. The lowest BCUT2D eigenvalue weighted by atomic mass is 9.44. The summed E-state index contributed by atoms with van der Waals surface area (Å²) in [6.07, 6.45) is 7.57. The van der Waals surface area contributed by atoms with Crippen LogP contribution in [0, 0.1) is 23.2 Å². The fourth-order valence-corrected chi connectivity index (χ4v) is 4.76. The molecule has 72 valence electrons. The number of ketones is 1. The average Bonchev–Trinajstić information content (AvgIpc) is 2.43. The van der Waals surface area contributed by atoms with E-state index in [9.17, 15) is 4.79 Å². The summed E-state index contributed by atoms with van der Waals surface area (Å²) in [7, 11) is 0. The number of carbonyl (C=O) groups is 1. The minimum atomic E-state index is 0.480. The van der Waals surface area contributed by atoms with E-state index in [0.29, 0.717) is 17.1 Å². The van der Waals surface area contributed by atoms with Gasteiger partial charge in [-0.3, -0.25) is 4.79 Å². The average molecular weight is 178 g/mol. The molecule has 3 fully saturated rings. The first kappa shape index (κ1) is 8.02. The van der Waals surface area contributed by atoms with Crippen molar-refractivity contribution < 1.29 is 4.79 Å². The molecule has 0 aromatic carbocycles. The Kier molecular flexibility index (Phi) is 1.46. The van der Waals surface area contributed by atoms with Crippen molar-refractivity contribution in [3.05, 3.63) is 0 Å². The maximum atomic E-state index is 11.8. The molecule has 0 unspecified atom stereocenters. The molecular weight excluding hydrogens is 160 g/mol. The quantitative estimate of drug-likeness (QED) is 0.557. The summed E-state index contributed by atoms with van der Waals surface area (Å²) in [6, 6.07) is 0. The van der Waals surface area contributed by atoms with Crippen LogP contribution in [0.4, 0.5) is 0 Å². The zero-order chi connectivity index (χ0) is 9.05. The van der Waals surface area contributed by atoms with Crippen LogP contribution >= 0.6 is 0 Å². The highest BCUT2D eigenvalue weighted by atomic mass is 16.1. The van der Waals surface area contributed by atoms with E-state index in [4.69, 9.17) is 0 Å². The van der Waals surface area contributed by atoms with Crippen LogP contribution in [0.5, 0.6) is 0 Å². The van der Waals surface area contributed by atoms with Gasteiger partial charge in [0.05, 0.1) is 0 Å². The lowest BCUT2D eigenvalue weighted by Crippen LogP contribution is -2.58. The fourth-order valence-electron chi connectivity index (χ4n) is 4.76. The van der Waals surface area contributed by atoms with Crippen molar-refractivity contribution in [3.63, 3.8) is 0 Å². The zero-order valence-electron chi connectivity index (χ0n) is 8.38. The highest BCUT2D eigenvalue weighted by molar-refractivity contribution is 5.84. The Morgan fingerprint density at radius 3 is 2.92 bits per heavy atom. The number of rotatable bonds is 0. The van der Waals surface area contributed by atoms with E-state index in [0.717, 1.165) is 18.3 Å². The number of Topliss-reactive ketones (excluding diaryl/α,β-unsaturated/α-hetero) is 1. The molecule has 0 N–H and O–H groups in total. The monoisotopic (exact) mass is 178 g/mol. The molecule has 0 saturated heterocycles. The van der Waals surface area contributed by atoms with Gasteiger partial charge in [-0.15, -0.1) is 0 Å². The van der Waals surface area contributed by atoms with Crippen LogP contribution in [0.25, 0.3) is 0 Å². The lowest BCUT2D eigenvalue weighted by Gasteiger charge is -2.59. The topological polar surface area (TPSA) is 17.1 Å². The molecule has 3 aliphatic carbocycles. The molecule has 3 rings (SSSR count). The van der Waals surface area contributed by atoms with Gasteiger partial charge in [0.2, 0.25) is 0 Å². The Morgan fingerprint density at radius 1 is 1.31 bits per heavy atom. The standard InChI is InChI=1S/C12H18O/c1-8-9-4-2-6-12(9)7-3-5-10(13)11(8)12/h8-9,11H,2-7H2,1H3/t8-,9+,11-,12-/m1/s1. The maximum Gasteiger partial charge on any atom is 0.136 e. The summed E-state index contributed by atoms with van der Waals surface area (Å²) in [5.74, 6) is 2.71. The summed E-state index contributed by atoms with van der Waals surface area (Å²) in [4.78, 5) is 11.8. The van der Waals surface area contributed by atoms with Gasteiger partial charge in [0.15, 0.2) is 0 Å². The van der Waals surface area contributed by atoms with Crippen molar-refractivity contribution in [1.29, 1.82) is 0 Å². The molecule has 1 nitrogen and oxygen atoms in total. The first-order valence-electron chi connectivity index (χ1n) is 5.78. The second kappa shape index (κ2) is 2.37. The van der Waals surface area contributed by atoms with Gasteiger partial charge in [0.25, 0.3) is 0 Å². The third-order valence-corrected chi connectivity index (χ3v) is 5.09. The van der Waals surface area contributed by atoms with Gasteiger partial charge in [-0.2, -0.15) is 0 Å². The summed E-state index contributed by atoms with van der Waals surface area (Å²) >= 11 is 0. The molecule has 0 aliphatic heterocycles. The van der Waals surface area contributed by atoms with Crippen LogP contribution in [0.2, 0.25) is 0 Å². The number of hydrogen-bond donors (Lipinski definition) is 0. The fraction of sp³-hybridized carbons (Fsp3) is 0.917. The third kappa shape index (κ3) is 0.769. The van der Waals surface area contributed by atoms with Gasteiger partial charge >= 0.3 is 0 Å². The zero-order valence-corrected chi connectivity index (χ0v) is 8.38. The first-order valence-corrected chi connectivity index (χ1v) is 5.78. The van der Waals surface area contributed by atoms with E-state index < -0.39 is 0 Å². The van der Waals surface area contributed by atoms with Crippen molar-refractivity contribution in [1.82, 2.24) is 0 Å². The predicted octanol–water partition coefficient (Wildman–Crippen LogP) is 2.79. The van der Waals surface area contributed by atoms with Crippen LogP contribution in [-0.2, 0) is 4.79 Å². The molecular formula is C12H18O. The van der Waals surface area contributed by atoms with Crippen LogP contribution in [0.3, 0.4) is 0 Å². The Morgan fingerprint density at radius 2 is 2.08 bits per heavy atom. The van der Waals surface area contributed by atoms with E-state index in [2.05, 4.69) is 6.92 Å². The molecule has 0 aromatic rings. The van der Waals surface area contributed by atoms with E-state index in [1.165, 1.54) is 32.1 Å². The van der Waals surface area contributed by atoms with Gasteiger partial charge in [-0.05, 0) is 42.9 Å². The maximum absolute atomic E-state index is 11.8. The van der Waals surface area contributed by atoms with Crippen LogP contribution < -0.4 is 0 Å². The highest BCUT2D eigenvalue weighted by Gasteiger charge is 2.64. The highest BCUT2D eigenvalue weighted by Crippen LogP contribution is 2.68. The molecule has 0 radical (unpaired) electrons. The minimum Gasteiger partial charge on any atom is -0.299 e. The van der Waals surface area contributed by atoms with E-state index >= 15 is 0 Å². The lowest BCUT2D eigenvalue weighted by molar-refractivity contribution is -0.160. The Labute approximate surface area is 79.9 Å². The molecule has 0 aromatic heterocycles. The van der Waals surface area contributed by atoms with Gasteiger partial charge in [-0.1, -0.05) is 13.3 Å². The molecule has 13 heavy (non-hydrogen) atoms. The first-order chi connectivity index (χ1) is 6.26. The van der Waals surface area contributed by atoms with E-state index in [1.54, 1.807) is 0 Å². The third-order valence-electron chi connectivity index (χ3n) is 5.09. The molecule has 4 atom stereocenters. The molecule has 3 saturated carbocycles. The molecule has 0 heterocycles.